The zero-order valence-electron chi connectivity index (χ0n) is 18.7. The van der Waals surface area contributed by atoms with Gasteiger partial charge in [-0.2, -0.15) is 0 Å². The number of nitrogens with one attached hydrogen (secondary N) is 1. The van der Waals surface area contributed by atoms with Crippen molar-refractivity contribution in [3.05, 3.63) is 29.3 Å². The van der Waals surface area contributed by atoms with Crippen molar-refractivity contribution in [3.8, 4) is 0 Å². The van der Waals surface area contributed by atoms with Crippen molar-refractivity contribution in [3.63, 3.8) is 0 Å². The van der Waals surface area contributed by atoms with Crippen molar-refractivity contribution in [2.24, 2.45) is 5.41 Å². The number of hydrogen-bond acceptors (Lipinski definition) is 5. The fourth-order valence-corrected chi connectivity index (χ4v) is 4.96. The predicted molar refractivity (Wildman–Crippen MR) is 113 cm³/mol. The fourth-order valence-electron chi connectivity index (χ4n) is 4.96. The fraction of sp³-hybridized carbons (Fsp3) is 0.609. The summed E-state index contributed by atoms with van der Waals surface area (Å²) in [5, 5.41) is 2.15. The number of rotatable bonds is 2. The highest BCUT2D eigenvalue weighted by atomic mass is 19.1. The molecule has 1 aromatic rings. The van der Waals surface area contributed by atoms with Crippen LogP contribution in [0, 0.1) is 17.0 Å². The summed E-state index contributed by atoms with van der Waals surface area (Å²) in [5.41, 5.74) is -0.562. The summed E-state index contributed by atoms with van der Waals surface area (Å²) >= 11 is 0. The van der Waals surface area contributed by atoms with Crippen LogP contribution in [0.2, 0.25) is 0 Å². The first-order valence-corrected chi connectivity index (χ1v) is 11.0. The minimum Gasteiger partial charge on any atom is -0.444 e. The number of ether oxygens (including phenoxy) is 1. The summed E-state index contributed by atoms with van der Waals surface area (Å²) in [7, 11) is 0. The molecule has 7 nitrogen and oxygen atoms in total. The van der Waals surface area contributed by atoms with Crippen LogP contribution in [0.25, 0.3) is 0 Å². The van der Waals surface area contributed by atoms with E-state index in [0.717, 1.165) is 12.8 Å². The van der Waals surface area contributed by atoms with E-state index in [1.54, 1.807) is 4.90 Å². The summed E-state index contributed by atoms with van der Waals surface area (Å²) in [5.74, 6) is -3.67. The van der Waals surface area contributed by atoms with E-state index in [9.17, 15) is 23.2 Å². The van der Waals surface area contributed by atoms with E-state index in [2.05, 4.69) is 5.32 Å². The van der Waals surface area contributed by atoms with E-state index >= 15 is 0 Å². The lowest BCUT2D eigenvalue weighted by molar-refractivity contribution is -0.134. The van der Waals surface area contributed by atoms with Gasteiger partial charge in [0.1, 0.15) is 17.2 Å². The molecule has 3 aliphatic heterocycles. The van der Waals surface area contributed by atoms with Crippen molar-refractivity contribution < 1.29 is 27.9 Å². The maximum Gasteiger partial charge on any atom is 0.410 e. The first-order chi connectivity index (χ1) is 15.0. The van der Waals surface area contributed by atoms with Crippen molar-refractivity contribution in [1.82, 2.24) is 10.2 Å². The van der Waals surface area contributed by atoms with E-state index < -0.39 is 35.0 Å². The number of anilines is 1. The molecule has 4 rings (SSSR count). The number of carbonyl (C=O) groups excluding carboxylic acids is 3. The molecule has 0 bridgehead atoms. The van der Waals surface area contributed by atoms with E-state index in [1.807, 2.05) is 25.7 Å². The highest BCUT2D eigenvalue weighted by Crippen LogP contribution is 2.42. The Balaban J connectivity index is 1.46. The molecule has 9 heteroatoms. The molecule has 174 valence electrons. The molecule has 2 unspecified atom stereocenters. The van der Waals surface area contributed by atoms with E-state index in [0.29, 0.717) is 31.9 Å². The number of benzene rings is 1. The Morgan fingerprint density at radius 3 is 2.41 bits per heavy atom. The van der Waals surface area contributed by atoms with Crippen LogP contribution >= 0.6 is 0 Å². The number of piperidine rings is 1. The van der Waals surface area contributed by atoms with Crippen LogP contribution in [0.3, 0.4) is 0 Å². The molecule has 1 aromatic carbocycles. The summed E-state index contributed by atoms with van der Waals surface area (Å²) in [4.78, 5) is 39.5. The third-order valence-electron chi connectivity index (χ3n) is 6.54. The highest BCUT2D eigenvalue weighted by Gasteiger charge is 2.46. The molecule has 0 aliphatic carbocycles. The lowest BCUT2D eigenvalue weighted by Crippen LogP contribution is -2.40. The SMILES string of the molecule is CC(C)(C)OC(=O)N1CCC2(CCN(c3cc(F)c(C4CCC(=O)NC4=O)c(F)c3)C2)C1. The molecule has 0 saturated carbocycles. The monoisotopic (exact) mass is 449 g/mol. The summed E-state index contributed by atoms with van der Waals surface area (Å²) < 4.78 is 35.3. The van der Waals surface area contributed by atoms with Gasteiger partial charge in [-0.3, -0.25) is 14.9 Å². The highest BCUT2D eigenvalue weighted by molar-refractivity contribution is 6.01. The summed E-state index contributed by atoms with van der Waals surface area (Å²) in [6.07, 6.45) is 1.43. The van der Waals surface area contributed by atoms with E-state index in [-0.39, 0.29) is 29.9 Å². The summed E-state index contributed by atoms with van der Waals surface area (Å²) in [6, 6.07) is 2.53. The van der Waals surface area contributed by atoms with Gasteiger partial charge in [-0.15, -0.1) is 0 Å². The first-order valence-electron chi connectivity index (χ1n) is 11.0. The average Bonchev–Trinajstić information content (AvgIpc) is 3.29. The van der Waals surface area contributed by atoms with Gasteiger partial charge in [-0.1, -0.05) is 0 Å². The molecule has 3 fully saturated rings. The van der Waals surface area contributed by atoms with Crippen molar-refractivity contribution in [2.75, 3.05) is 31.1 Å². The number of carbonyl (C=O) groups is 3. The lowest BCUT2D eigenvalue weighted by atomic mass is 9.86. The quantitative estimate of drug-likeness (QED) is 0.701. The largest absolute Gasteiger partial charge is 0.444 e. The minimum atomic E-state index is -1.01. The zero-order valence-corrected chi connectivity index (χ0v) is 18.7. The van der Waals surface area contributed by atoms with Crippen LogP contribution in [0.5, 0.6) is 0 Å². The van der Waals surface area contributed by atoms with Gasteiger partial charge in [-0.05, 0) is 52.2 Å². The Bertz CT molecular complexity index is 938. The smallest absolute Gasteiger partial charge is 0.410 e. The second-order valence-corrected chi connectivity index (χ2v) is 10.2. The van der Waals surface area contributed by atoms with Crippen molar-refractivity contribution in [1.29, 1.82) is 0 Å². The second-order valence-electron chi connectivity index (χ2n) is 10.2. The Labute approximate surface area is 186 Å². The molecule has 3 amide bonds. The average molecular weight is 449 g/mol. The normalized spacial score (nSPS) is 26.1. The number of amides is 3. The zero-order chi connectivity index (χ0) is 23.3. The third kappa shape index (κ3) is 4.42. The van der Waals surface area contributed by atoms with Crippen LogP contribution in [-0.4, -0.2) is 54.6 Å². The van der Waals surface area contributed by atoms with Crippen molar-refractivity contribution in [2.45, 2.75) is 58.0 Å². The van der Waals surface area contributed by atoms with Gasteiger partial charge in [0.25, 0.3) is 0 Å². The van der Waals surface area contributed by atoms with Gasteiger partial charge in [0, 0.05) is 49.3 Å². The Morgan fingerprint density at radius 2 is 1.78 bits per heavy atom. The van der Waals surface area contributed by atoms with Gasteiger partial charge in [0.2, 0.25) is 11.8 Å². The Hall–Kier alpha value is -2.71. The van der Waals surface area contributed by atoms with E-state index in [1.165, 1.54) is 12.1 Å². The van der Waals surface area contributed by atoms with Crippen LogP contribution in [0.4, 0.5) is 19.3 Å². The van der Waals surface area contributed by atoms with Crippen LogP contribution in [0.1, 0.15) is 57.9 Å². The van der Waals surface area contributed by atoms with Gasteiger partial charge in [0.15, 0.2) is 0 Å². The molecule has 32 heavy (non-hydrogen) atoms. The molecular formula is C23H29F2N3O4. The predicted octanol–water partition coefficient (Wildman–Crippen LogP) is 3.32. The molecular weight excluding hydrogens is 420 g/mol. The maximum absolute atomic E-state index is 14.9. The number of likely N-dealkylation sites (tertiary alicyclic amines) is 1. The molecule has 1 spiro atoms. The molecule has 2 atom stereocenters. The maximum atomic E-state index is 14.9. The second kappa shape index (κ2) is 8.01. The Morgan fingerprint density at radius 1 is 1.12 bits per heavy atom. The molecule has 3 saturated heterocycles. The van der Waals surface area contributed by atoms with Gasteiger partial charge < -0.3 is 14.5 Å². The third-order valence-corrected chi connectivity index (χ3v) is 6.54. The molecule has 1 N–H and O–H groups in total. The van der Waals surface area contributed by atoms with Crippen molar-refractivity contribution >= 4 is 23.6 Å². The molecule has 0 radical (unpaired) electrons. The molecule has 0 aromatic heterocycles. The Kier molecular flexibility index (Phi) is 5.63. The van der Waals surface area contributed by atoms with Gasteiger partial charge in [0.05, 0.1) is 5.92 Å². The van der Waals surface area contributed by atoms with Gasteiger partial charge >= 0.3 is 6.09 Å². The van der Waals surface area contributed by atoms with Crippen LogP contribution < -0.4 is 10.2 Å². The summed E-state index contributed by atoms with van der Waals surface area (Å²) in [6.45, 7) is 7.85. The molecule has 3 heterocycles. The first kappa shape index (κ1) is 22.5. The van der Waals surface area contributed by atoms with Gasteiger partial charge in [-0.25, -0.2) is 13.6 Å². The molecule has 3 aliphatic rings. The topological polar surface area (TPSA) is 79.0 Å². The number of nitrogens with zero attached hydrogens (tertiary/aromatic N) is 2. The van der Waals surface area contributed by atoms with Crippen LogP contribution in [0.15, 0.2) is 12.1 Å². The standard InChI is InChI=1S/C23H29F2N3O4/c1-22(2,3)32-21(31)28-9-7-23(13-28)6-8-27(12-23)14-10-16(24)19(17(25)11-14)15-4-5-18(29)26-20(15)30/h10-11,15H,4-9,12-13H2,1-3H3,(H,26,29,30). The van der Waals surface area contributed by atoms with E-state index in [4.69, 9.17) is 4.74 Å². The van der Waals surface area contributed by atoms with Crippen LogP contribution in [-0.2, 0) is 14.3 Å². The number of halogens is 2. The number of imide groups is 1. The number of hydrogen-bond donors (Lipinski definition) is 1. The minimum absolute atomic E-state index is 0.0554. The lowest BCUT2D eigenvalue weighted by Gasteiger charge is -2.28.